The Morgan fingerprint density at radius 1 is 0.283 bits per heavy atom. The Morgan fingerprint density at radius 3 is 0.717 bits per heavy atom. The molecular weight excluding hydrogens is 1290 g/mol. The maximum absolute atomic E-state index is 13.1. The Kier molecular flexibility index (Phi) is 67.8. The molecule has 3 N–H and O–H groups in total. The van der Waals surface area contributed by atoms with E-state index in [2.05, 4.69) is 55.4 Å². The lowest BCUT2D eigenvalue weighted by Crippen LogP contribution is -2.30. The van der Waals surface area contributed by atoms with Crippen molar-refractivity contribution in [3.05, 3.63) is 0 Å². The number of unbranched alkanes of at least 4 members (excludes halogenated alkanes) is 41. The molecule has 0 aliphatic rings. The van der Waals surface area contributed by atoms with Gasteiger partial charge in [0.05, 0.1) is 26.4 Å². The number of aliphatic hydroxyl groups excluding tert-OH is 1. The van der Waals surface area contributed by atoms with Gasteiger partial charge in [-0.2, -0.15) is 0 Å². The minimum absolute atomic E-state index is 0.106. The lowest BCUT2D eigenvalue weighted by atomic mass is 9.99. The quantitative estimate of drug-likeness (QED) is 0.0222. The number of esters is 4. The van der Waals surface area contributed by atoms with Crippen LogP contribution in [0, 0.1) is 23.7 Å². The summed E-state index contributed by atoms with van der Waals surface area (Å²) in [6, 6.07) is 0. The van der Waals surface area contributed by atoms with Crippen LogP contribution >= 0.6 is 15.6 Å². The summed E-state index contributed by atoms with van der Waals surface area (Å²) in [5.74, 6) is 1.03. The van der Waals surface area contributed by atoms with Crippen molar-refractivity contribution in [1.29, 1.82) is 0 Å². The van der Waals surface area contributed by atoms with E-state index in [0.29, 0.717) is 25.7 Å². The van der Waals surface area contributed by atoms with Crippen molar-refractivity contribution in [2.45, 2.75) is 427 Å². The molecule has 99 heavy (non-hydrogen) atoms. The second kappa shape index (κ2) is 69.1. The fraction of sp³-hybridized carbons (Fsp3) is 0.950. The molecule has 4 unspecified atom stereocenters. The van der Waals surface area contributed by atoms with Crippen LogP contribution in [0.2, 0.25) is 0 Å². The molecule has 0 amide bonds. The monoisotopic (exact) mass is 1450 g/mol. The highest BCUT2D eigenvalue weighted by atomic mass is 31.2. The SMILES string of the molecule is CCC(C)CCCCCCCCCCCCCCCCC(=O)O[C@H](COC(=O)CCCCCCCCCCCCCCC(C)C)COP(=O)(O)OC[C@@H](O)COP(=O)(O)OC[C@@H](COC(=O)CCCCCCCCC(C)CC)OC(=O)CCCCCCCCCCCCCCCC(C)C. The van der Waals surface area contributed by atoms with Crippen molar-refractivity contribution >= 4 is 39.5 Å². The highest BCUT2D eigenvalue weighted by molar-refractivity contribution is 7.47. The van der Waals surface area contributed by atoms with Gasteiger partial charge in [-0.05, 0) is 49.4 Å². The van der Waals surface area contributed by atoms with Crippen LogP contribution in [0.25, 0.3) is 0 Å². The third-order valence-corrected chi connectivity index (χ3v) is 21.2. The zero-order chi connectivity index (χ0) is 73.1. The molecule has 0 saturated carbocycles. The van der Waals surface area contributed by atoms with Gasteiger partial charge in [-0.1, -0.05) is 357 Å². The highest BCUT2D eigenvalue weighted by Gasteiger charge is 2.30. The minimum Gasteiger partial charge on any atom is -0.462 e. The number of phosphoric ester groups is 2. The molecule has 0 spiro atoms. The van der Waals surface area contributed by atoms with Crippen molar-refractivity contribution in [1.82, 2.24) is 0 Å². The molecule has 0 bridgehead atoms. The van der Waals surface area contributed by atoms with Gasteiger partial charge in [0.1, 0.15) is 19.3 Å². The molecule has 588 valence electrons. The van der Waals surface area contributed by atoms with E-state index in [1.807, 2.05) is 0 Å². The molecule has 0 aliphatic heterocycles. The fourth-order valence-corrected chi connectivity index (χ4v) is 13.8. The van der Waals surface area contributed by atoms with Gasteiger partial charge in [-0.25, -0.2) is 9.13 Å². The van der Waals surface area contributed by atoms with E-state index in [1.54, 1.807) is 0 Å². The van der Waals surface area contributed by atoms with Gasteiger partial charge >= 0.3 is 39.5 Å². The van der Waals surface area contributed by atoms with Gasteiger partial charge in [0, 0.05) is 25.7 Å². The van der Waals surface area contributed by atoms with E-state index in [4.69, 9.17) is 37.0 Å². The molecule has 0 aromatic rings. The Labute approximate surface area is 607 Å². The molecule has 0 radical (unpaired) electrons. The van der Waals surface area contributed by atoms with Crippen LogP contribution in [-0.2, 0) is 65.4 Å². The summed E-state index contributed by atoms with van der Waals surface area (Å²) in [6.45, 7) is 14.3. The molecule has 0 fully saturated rings. The first-order valence-electron chi connectivity index (χ1n) is 41.3. The first-order valence-corrected chi connectivity index (χ1v) is 44.3. The van der Waals surface area contributed by atoms with Crippen LogP contribution in [0.15, 0.2) is 0 Å². The zero-order valence-electron chi connectivity index (χ0n) is 65.1. The van der Waals surface area contributed by atoms with E-state index in [0.717, 1.165) is 120 Å². The lowest BCUT2D eigenvalue weighted by Gasteiger charge is -2.21. The van der Waals surface area contributed by atoms with E-state index < -0.39 is 97.5 Å². The largest absolute Gasteiger partial charge is 0.472 e. The third kappa shape index (κ3) is 71.5. The minimum atomic E-state index is -4.96. The number of carbonyl (C=O) groups excluding carboxylic acids is 4. The van der Waals surface area contributed by atoms with Gasteiger partial charge in [-0.15, -0.1) is 0 Å². The second-order valence-corrected chi connectivity index (χ2v) is 33.1. The standard InChI is InChI=1S/C80H156O17P2/c1-9-72(7)58-50-42-34-28-22-15-11-12-16-24-30-36-46-54-62-79(84)96-75(66-90-77(82)60-52-44-35-29-23-19-18-21-27-33-41-49-57-71(5)6)68-94-98(86,87)92-64-74(81)65-93-99(88,89)95-69-76(67-91-78(83)61-53-45-39-38-43-51-59-73(8)10-2)97-80(85)63-55-47-37-31-25-17-13-14-20-26-32-40-48-56-70(3)4/h70-76,81H,9-69H2,1-8H3,(H,86,87)(H,88,89)/t72?,73?,74-,75-,76-/m1/s1. The number of aliphatic hydroxyl groups is 1. The molecule has 0 aromatic carbocycles. The van der Waals surface area contributed by atoms with Crippen molar-refractivity contribution in [3.63, 3.8) is 0 Å². The van der Waals surface area contributed by atoms with Gasteiger partial charge in [-0.3, -0.25) is 37.3 Å². The third-order valence-electron chi connectivity index (χ3n) is 19.3. The van der Waals surface area contributed by atoms with Gasteiger partial charge in [0.2, 0.25) is 0 Å². The molecule has 17 nitrogen and oxygen atoms in total. The summed E-state index contributed by atoms with van der Waals surface area (Å²) in [5.41, 5.74) is 0. The van der Waals surface area contributed by atoms with Gasteiger partial charge in [0.15, 0.2) is 12.2 Å². The maximum Gasteiger partial charge on any atom is 0.472 e. The van der Waals surface area contributed by atoms with Crippen LogP contribution in [0.3, 0.4) is 0 Å². The predicted molar refractivity (Wildman–Crippen MR) is 404 cm³/mol. The van der Waals surface area contributed by atoms with Crippen molar-refractivity contribution in [2.75, 3.05) is 39.6 Å². The van der Waals surface area contributed by atoms with E-state index in [1.165, 1.54) is 205 Å². The average Bonchev–Trinajstić information content (AvgIpc) is 1.04. The van der Waals surface area contributed by atoms with Crippen molar-refractivity contribution in [2.24, 2.45) is 23.7 Å². The van der Waals surface area contributed by atoms with E-state index in [9.17, 15) is 43.2 Å². The van der Waals surface area contributed by atoms with Crippen LogP contribution < -0.4 is 0 Å². The number of hydrogen-bond donors (Lipinski definition) is 3. The molecule has 0 heterocycles. The number of ether oxygens (including phenoxy) is 4. The molecule has 0 rings (SSSR count). The fourth-order valence-electron chi connectivity index (χ4n) is 12.2. The predicted octanol–water partition coefficient (Wildman–Crippen LogP) is 23.6. The number of carbonyl (C=O) groups is 4. The first-order chi connectivity index (χ1) is 47.7. The van der Waals surface area contributed by atoms with Gasteiger partial charge < -0.3 is 33.8 Å². The first kappa shape index (κ1) is 97.1. The molecule has 0 aromatic heterocycles. The Morgan fingerprint density at radius 2 is 0.485 bits per heavy atom. The molecule has 19 heteroatoms. The van der Waals surface area contributed by atoms with Crippen LogP contribution in [0.1, 0.15) is 409 Å². The summed E-state index contributed by atoms with van der Waals surface area (Å²) in [7, 11) is -9.92. The molecule has 0 aliphatic carbocycles. The van der Waals surface area contributed by atoms with Crippen molar-refractivity contribution < 1.29 is 80.2 Å². The second-order valence-electron chi connectivity index (χ2n) is 30.2. The highest BCUT2D eigenvalue weighted by Crippen LogP contribution is 2.45. The molecule has 7 atom stereocenters. The Balaban J connectivity index is 5.26. The summed E-state index contributed by atoms with van der Waals surface area (Å²) in [4.78, 5) is 73.0. The number of phosphoric acid groups is 2. The smallest absolute Gasteiger partial charge is 0.462 e. The summed E-state index contributed by atoms with van der Waals surface area (Å²) >= 11 is 0. The average molecular weight is 1450 g/mol. The zero-order valence-corrected chi connectivity index (χ0v) is 66.9. The topological polar surface area (TPSA) is 237 Å². The summed E-state index contributed by atoms with van der Waals surface area (Å²) in [5, 5.41) is 10.6. The molecular formula is C80H156O17P2. The van der Waals surface area contributed by atoms with E-state index >= 15 is 0 Å². The van der Waals surface area contributed by atoms with Crippen LogP contribution in [-0.4, -0.2) is 96.7 Å². The summed E-state index contributed by atoms with van der Waals surface area (Å²) < 4.78 is 68.7. The summed E-state index contributed by atoms with van der Waals surface area (Å²) in [6.07, 6.45) is 55.4. The van der Waals surface area contributed by atoms with Crippen LogP contribution in [0.4, 0.5) is 0 Å². The Hall–Kier alpha value is -1.94. The van der Waals surface area contributed by atoms with E-state index in [-0.39, 0.29) is 25.7 Å². The normalized spacial score (nSPS) is 14.6. The van der Waals surface area contributed by atoms with Crippen molar-refractivity contribution in [3.8, 4) is 0 Å². The number of rotatable bonds is 77. The Bertz CT molecular complexity index is 1940. The number of hydrogen-bond acceptors (Lipinski definition) is 15. The molecule has 0 saturated heterocycles. The van der Waals surface area contributed by atoms with Gasteiger partial charge in [0.25, 0.3) is 0 Å². The maximum atomic E-state index is 13.1. The van der Waals surface area contributed by atoms with Crippen LogP contribution in [0.5, 0.6) is 0 Å². The lowest BCUT2D eigenvalue weighted by molar-refractivity contribution is -0.161.